The Morgan fingerprint density at radius 3 is 2.57 bits per heavy atom. The van der Waals surface area contributed by atoms with E-state index in [1.54, 1.807) is 6.07 Å². The van der Waals surface area contributed by atoms with E-state index in [-0.39, 0.29) is 11.5 Å². The second-order valence-electron chi connectivity index (χ2n) is 6.10. The number of rotatable bonds is 4. The molecule has 1 aromatic carbocycles. The maximum Gasteiger partial charge on any atom is 0.248 e. The van der Waals surface area contributed by atoms with Gasteiger partial charge in [0.25, 0.3) is 0 Å². The van der Waals surface area contributed by atoms with E-state index in [2.05, 4.69) is 42.2 Å². The van der Waals surface area contributed by atoms with Gasteiger partial charge in [0.15, 0.2) is 0 Å². The molecule has 0 bridgehead atoms. The highest BCUT2D eigenvalue weighted by atomic mass is 16.1. The Balaban J connectivity index is 2.03. The Hall–Kier alpha value is -2.42. The lowest BCUT2D eigenvalue weighted by atomic mass is 9.95. The number of ketones is 1. The van der Waals surface area contributed by atoms with Crippen molar-refractivity contribution >= 4 is 11.4 Å². The van der Waals surface area contributed by atoms with E-state index in [9.17, 15) is 9.59 Å². The van der Waals surface area contributed by atoms with Gasteiger partial charge in [0.1, 0.15) is 5.78 Å². The number of benzene rings is 1. The monoisotopic (exact) mass is 307 g/mol. The highest BCUT2D eigenvalue weighted by molar-refractivity contribution is 5.83. The lowest BCUT2D eigenvalue weighted by molar-refractivity contribution is -0.117. The van der Waals surface area contributed by atoms with Crippen LogP contribution in [0.2, 0.25) is 0 Å². The minimum Gasteiger partial charge on any atom is -0.322 e. The molecule has 0 unspecified atom stereocenters. The van der Waals surface area contributed by atoms with Crippen LogP contribution in [0.5, 0.6) is 0 Å². The second kappa shape index (κ2) is 6.78. The standard InChI is InChI=1S/C20H21NO2/c1-2-14-6-9-16(10-7-14)18(13-15-8-11-17(22)12-15)19-4-3-5-20(23)21-19/h3-7,9-10,13,15H,2,8,11-12H2,1H3,(H,21,23)/b18-13+/t15-/m0/s1. The summed E-state index contributed by atoms with van der Waals surface area (Å²) in [5.41, 5.74) is 4.06. The van der Waals surface area contributed by atoms with Crippen molar-refractivity contribution in [1.82, 2.24) is 4.98 Å². The number of Topliss-reactive ketones (excluding diaryl/α,β-unsaturated/α-hetero) is 1. The number of pyridine rings is 1. The van der Waals surface area contributed by atoms with Gasteiger partial charge in [-0.15, -0.1) is 0 Å². The lowest BCUT2D eigenvalue weighted by Gasteiger charge is -2.12. The fourth-order valence-electron chi connectivity index (χ4n) is 3.09. The van der Waals surface area contributed by atoms with Crippen LogP contribution in [0, 0.1) is 5.92 Å². The molecule has 1 aliphatic rings. The Labute approximate surface area is 136 Å². The van der Waals surface area contributed by atoms with Crippen LogP contribution in [-0.4, -0.2) is 10.8 Å². The first-order valence-corrected chi connectivity index (χ1v) is 8.18. The quantitative estimate of drug-likeness (QED) is 0.935. The third kappa shape index (κ3) is 3.67. The summed E-state index contributed by atoms with van der Waals surface area (Å²) in [5.74, 6) is 0.584. The largest absolute Gasteiger partial charge is 0.322 e. The van der Waals surface area contributed by atoms with Gasteiger partial charge in [0.05, 0.1) is 0 Å². The van der Waals surface area contributed by atoms with Gasteiger partial charge in [-0.2, -0.15) is 0 Å². The number of aromatic nitrogens is 1. The average Bonchev–Trinajstić information content (AvgIpc) is 2.98. The summed E-state index contributed by atoms with van der Waals surface area (Å²) >= 11 is 0. The maximum absolute atomic E-state index is 11.7. The van der Waals surface area contributed by atoms with Crippen molar-refractivity contribution in [2.45, 2.75) is 32.6 Å². The molecule has 23 heavy (non-hydrogen) atoms. The summed E-state index contributed by atoms with van der Waals surface area (Å²) in [5, 5.41) is 0. The van der Waals surface area contributed by atoms with Crippen LogP contribution >= 0.6 is 0 Å². The van der Waals surface area contributed by atoms with Gasteiger partial charge < -0.3 is 4.98 Å². The molecule has 3 rings (SSSR count). The number of nitrogens with one attached hydrogen (secondary N) is 1. The van der Waals surface area contributed by atoms with Gasteiger partial charge in [-0.1, -0.05) is 43.3 Å². The molecule has 1 aliphatic carbocycles. The summed E-state index contributed by atoms with van der Waals surface area (Å²) in [7, 11) is 0. The molecule has 1 aromatic heterocycles. The number of hydrogen-bond donors (Lipinski definition) is 1. The smallest absolute Gasteiger partial charge is 0.248 e. The third-order valence-electron chi connectivity index (χ3n) is 4.42. The SMILES string of the molecule is CCc1ccc(/C(=C\[C@H]2CCC(=O)C2)c2cccc(=O)[nH]2)cc1. The Bertz CT molecular complexity index is 784. The molecule has 0 spiro atoms. The third-order valence-corrected chi connectivity index (χ3v) is 4.42. The van der Waals surface area contributed by atoms with E-state index >= 15 is 0 Å². The zero-order chi connectivity index (χ0) is 16.2. The molecule has 3 heteroatoms. The first-order valence-electron chi connectivity index (χ1n) is 8.18. The zero-order valence-electron chi connectivity index (χ0n) is 13.3. The number of carbonyl (C=O) groups excluding carboxylic acids is 1. The molecule has 1 heterocycles. The molecule has 0 amide bonds. The predicted molar refractivity (Wildman–Crippen MR) is 92.3 cm³/mol. The normalized spacial score (nSPS) is 18.4. The molecule has 0 saturated heterocycles. The molecular formula is C20H21NO2. The number of H-pyrrole nitrogens is 1. The van der Waals surface area contributed by atoms with Gasteiger partial charge >= 0.3 is 0 Å². The Morgan fingerprint density at radius 1 is 1.17 bits per heavy atom. The van der Waals surface area contributed by atoms with Gasteiger partial charge in [-0.3, -0.25) is 9.59 Å². The minimum absolute atomic E-state index is 0.110. The van der Waals surface area contributed by atoms with Crippen molar-refractivity contribution in [3.63, 3.8) is 0 Å². The highest BCUT2D eigenvalue weighted by Crippen LogP contribution is 2.30. The number of allylic oxidation sites excluding steroid dienone is 1. The van der Waals surface area contributed by atoms with Gasteiger partial charge in [-0.05, 0) is 36.0 Å². The van der Waals surface area contributed by atoms with Crippen LogP contribution in [-0.2, 0) is 11.2 Å². The number of carbonyl (C=O) groups is 1. The van der Waals surface area contributed by atoms with Crippen LogP contribution in [0.15, 0.2) is 53.3 Å². The number of hydrogen-bond acceptors (Lipinski definition) is 2. The lowest BCUT2D eigenvalue weighted by Crippen LogP contribution is -2.07. The van der Waals surface area contributed by atoms with Crippen molar-refractivity contribution in [2.24, 2.45) is 5.92 Å². The summed E-state index contributed by atoms with van der Waals surface area (Å²) in [6, 6.07) is 13.6. The molecular weight excluding hydrogens is 286 g/mol. The van der Waals surface area contributed by atoms with Crippen molar-refractivity contribution < 1.29 is 4.79 Å². The van der Waals surface area contributed by atoms with E-state index in [4.69, 9.17) is 0 Å². The van der Waals surface area contributed by atoms with Crippen LogP contribution in [0.25, 0.3) is 5.57 Å². The fraction of sp³-hybridized carbons (Fsp3) is 0.300. The first kappa shape index (κ1) is 15.5. The fourth-order valence-corrected chi connectivity index (χ4v) is 3.09. The van der Waals surface area contributed by atoms with Crippen LogP contribution < -0.4 is 5.56 Å². The minimum atomic E-state index is -0.110. The topological polar surface area (TPSA) is 49.9 Å². The molecule has 1 atom stereocenters. The molecule has 3 nitrogen and oxygen atoms in total. The van der Waals surface area contributed by atoms with E-state index in [0.29, 0.717) is 18.6 Å². The summed E-state index contributed by atoms with van der Waals surface area (Å²) < 4.78 is 0. The molecule has 1 fully saturated rings. The highest BCUT2D eigenvalue weighted by Gasteiger charge is 2.21. The number of aromatic amines is 1. The molecule has 1 saturated carbocycles. The van der Waals surface area contributed by atoms with Gasteiger partial charge in [0, 0.05) is 30.2 Å². The van der Waals surface area contributed by atoms with Crippen molar-refractivity contribution in [3.05, 3.63) is 75.7 Å². The first-order chi connectivity index (χ1) is 11.2. The summed E-state index contributed by atoms with van der Waals surface area (Å²) in [4.78, 5) is 26.1. The van der Waals surface area contributed by atoms with Crippen LogP contribution in [0.3, 0.4) is 0 Å². The molecule has 1 N–H and O–H groups in total. The average molecular weight is 307 g/mol. The van der Waals surface area contributed by atoms with E-state index in [1.807, 2.05) is 6.07 Å². The number of aryl methyl sites for hydroxylation is 1. The summed E-state index contributed by atoms with van der Waals surface area (Å²) in [6.07, 6.45) is 5.31. The van der Waals surface area contributed by atoms with E-state index in [1.165, 1.54) is 11.6 Å². The Kier molecular flexibility index (Phi) is 4.56. The van der Waals surface area contributed by atoms with Gasteiger partial charge in [-0.25, -0.2) is 0 Å². The molecule has 0 radical (unpaired) electrons. The molecule has 2 aromatic rings. The van der Waals surface area contributed by atoms with E-state index < -0.39 is 0 Å². The molecule has 0 aliphatic heterocycles. The molecule has 118 valence electrons. The second-order valence-corrected chi connectivity index (χ2v) is 6.10. The summed E-state index contributed by atoms with van der Waals surface area (Å²) in [6.45, 7) is 2.13. The maximum atomic E-state index is 11.7. The van der Waals surface area contributed by atoms with Crippen LogP contribution in [0.4, 0.5) is 0 Å². The Morgan fingerprint density at radius 2 is 1.96 bits per heavy atom. The van der Waals surface area contributed by atoms with Gasteiger partial charge in [0.2, 0.25) is 5.56 Å². The van der Waals surface area contributed by atoms with Crippen molar-refractivity contribution in [3.8, 4) is 0 Å². The van der Waals surface area contributed by atoms with Crippen molar-refractivity contribution in [2.75, 3.05) is 0 Å². The zero-order valence-corrected chi connectivity index (χ0v) is 13.3. The predicted octanol–water partition coefficient (Wildman–Crippen LogP) is 3.74. The van der Waals surface area contributed by atoms with E-state index in [0.717, 1.165) is 29.7 Å². The van der Waals surface area contributed by atoms with Crippen molar-refractivity contribution in [1.29, 1.82) is 0 Å². The van der Waals surface area contributed by atoms with Crippen LogP contribution in [0.1, 0.15) is 43.0 Å².